The molecule has 4 nitrogen and oxygen atoms in total. The van der Waals surface area contributed by atoms with Crippen molar-refractivity contribution in [2.24, 2.45) is 0 Å². The molecule has 2 aromatic rings. The van der Waals surface area contributed by atoms with Crippen molar-refractivity contribution in [1.29, 1.82) is 0 Å². The van der Waals surface area contributed by atoms with Crippen LogP contribution in [-0.4, -0.2) is 9.97 Å². The van der Waals surface area contributed by atoms with Crippen molar-refractivity contribution in [2.75, 3.05) is 0 Å². The van der Waals surface area contributed by atoms with Crippen molar-refractivity contribution >= 4 is 0 Å². The van der Waals surface area contributed by atoms with E-state index in [2.05, 4.69) is 28.3 Å². The molecule has 2 atom stereocenters. The summed E-state index contributed by atoms with van der Waals surface area (Å²) in [4.78, 5) is 18.5. The molecule has 1 aliphatic carbocycles. The Morgan fingerprint density at radius 3 is 3.10 bits per heavy atom. The van der Waals surface area contributed by atoms with Gasteiger partial charge in [0.2, 0.25) is 5.56 Å². The zero-order valence-electron chi connectivity index (χ0n) is 11.6. The molecule has 1 unspecified atom stereocenters. The summed E-state index contributed by atoms with van der Waals surface area (Å²) < 4.78 is 0. The van der Waals surface area contributed by atoms with E-state index in [0.29, 0.717) is 6.04 Å². The highest BCUT2D eigenvalue weighted by Crippen LogP contribution is 2.29. The SMILES string of the molecule is C[C@@H](NC1CCCc2[nH]c(=O)ccc21)c1cccnc1. The summed E-state index contributed by atoms with van der Waals surface area (Å²) in [6, 6.07) is 8.16. The van der Waals surface area contributed by atoms with E-state index < -0.39 is 0 Å². The molecule has 1 aliphatic rings. The van der Waals surface area contributed by atoms with Gasteiger partial charge in [0, 0.05) is 36.2 Å². The van der Waals surface area contributed by atoms with Crippen LogP contribution in [0.3, 0.4) is 0 Å². The largest absolute Gasteiger partial charge is 0.326 e. The van der Waals surface area contributed by atoms with Crippen LogP contribution >= 0.6 is 0 Å². The quantitative estimate of drug-likeness (QED) is 0.900. The molecule has 0 fully saturated rings. The zero-order chi connectivity index (χ0) is 13.9. The van der Waals surface area contributed by atoms with Crippen LogP contribution in [0.25, 0.3) is 0 Å². The molecule has 0 aliphatic heterocycles. The van der Waals surface area contributed by atoms with Gasteiger partial charge in [-0.1, -0.05) is 12.1 Å². The Bertz CT molecular complexity index is 636. The summed E-state index contributed by atoms with van der Waals surface area (Å²) in [5.74, 6) is 0. The third-order valence-corrected chi connectivity index (χ3v) is 3.97. The highest BCUT2D eigenvalue weighted by atomic mass is 16.1. The van der Waals surface area contributed by atoms with Gasteiger partial charge in [0.05, 0.1) is 0 Å². The first-order valence-corrected chi connectivity index (χ1v) is 7.12. The molecule has 0 aromatic carbocycles. The maximum absolute atomic E-state index is 11.4. The Balaban J connectivity index is 1.81. The average molecular weight is 269 g/mol. The number of hydrogen-bond donors (Lipinski definition) is 2. The standard InChI is InChI=1S/C16H19N3O/c1-11(12-4-3-9-17-10-12)18-14-5-2-6-15-13(14)7-8-16(20)19-15/h3-4,7-11,14,18H,2,5-6H2,1H3,(H,19,20)/t11-,14?/m1/s1. The van der Waals surface area contributed by atoms with Crippen molar-refractivity contribution < 1.29 is 0 Å². The molecule has 0 spiro atoms. The minimum Gasteiger partial charge on any atom is -0.326 e. The molecule has 20 heavy (non-hydrogen) atoms. The van der Waals surface area contributed by atoms with E-state index >= 15 is 0 Å². The number of aromatic amines is 1. The molecule has 3 rings (SSSR count). The van der Waals surface area contributed by atoms with Crippen LogP contribution in [0.4, 0.5) is 0 Å². The minimum absolute atomic E-state index is 0.00953. The lowest BCUT2D eigenvalue weighted by Gasteiger charge is -2.29. The number of nitrogens with zero attached hydrogens (tertiary/aromatic N) is 1. The van der Waals surface area contributed by atoms with Gasteiger partial charge in [-0.2, -0.15) is 0 Å². The van der Waals surface area contributed by atoms with E-state index in [-0.39, 0.29) is 11.6 Å². The van der Waals surface area contributed by atoms with Crippen LogP contribution in [0.1, 0.15) is 48.7 Å². The van der Waals surface area contributed by atoms with Gasteiger partial charge >= 0.3 is 0 Å². The Hall–Kier alpha value is -1.94. The zero-order valence-corrected chi connectivity index (χ0v) is 11.6. The lowest BCUT2D eigenvalue weighted by atomic mass is 9.90. The molecule has 0 bridgehead atoms. The van der Waals surface area contributed by atoms with Gasteiger partial charge in [0.1, 0.15) is 0 Å². The third kappa shape index (κ3) is 2.65. The summed E-state index contributed by atoms with van der Waals surface area (Å²) in [6.07, 6.45) is 6.85. The fourth-order valence-electron chi connectivity index (χ4n) is 2.90. The number of H-pyrrole nitrogens is 1. The third-order valence-electron chi connectivity index (χ3n) is 3.97. The number of nitrogens with one attached hydrogen (secondary N) is 2. The smallest absolute Gasteiger partial charge is 0.248 e. The van der Waals surface area contributed by atoms with Crippen LogP contribution in [-0.2, 0) is 6.42 Å². The van der Waals surface area contributed by atoms with E-state index in [0.717, 1.165) is 25.0 Å². The molecular formula is C16H19N3O. The van der Waals surface area contributed by atoms with Gasteiger partial charge in [0.25, 0.3) is 0 Å². The highest BCUT2D eigenvalue weighted by Gasteiger charge is 2.22. The molecule has 2 heterocycles. The van der Waals surface area contributed by atoms with Crippen molar-refractivity contribution in [3.8, 4) is 0 Å². The van der Waals surface area contributed by atoms with Gasteiger partial charge in [-0.15, -0.1) is 0 Å². The molecular weight excluding hydrogens is 250 g/mol. The van der Waals surface area contributed by atoms with Crippen LogP contribution in [0, 0.1) is 0 Å². The Labute approximate surface area is 118 Å². The van der Waals surface area contributed by atoms with E-state index in [1.165, 1.54) is 11.1 Å². The number of pyridine rings is 2. The number of fused-ring (bicyclic) bond motifs is 1. The molecule has 0 amide bonds. The summed E-state index contributed by atoms with van der Waals surface area (Å²) >= 11 is 0. The summed E-state index contributed by atoms with van der Waals surface area (Å²) in [5.41, 5.74) is 3.49. The second-order valence-electron chi connectivity index (χ2n) is 5.38. The number of rotatable bonds is 3. The lowest BCUT2D eigenvalue weighted by Crippen LogP contribution is -2.29. The second-order valence-corrected chi connectivity index (χ2v) is 5.38. The molecule has 104 valence electrons. The molecule has 0 saturated heterocycles. The van der Waals surface area contributed by atoms with E-state index in [9.17, 15) is 4.79 Å². The molecule has 0 saturated carbocycles. The van der Waals surface area contributed by atoms with Crippen LogP contribution < -0.4 is 10.9 Å². The fraction of sp³-hybridized carbons (Fsp3) is 0.375. The predicted molar refractivity (Wildman–Crippen MR) is 78.5 cm³/mol. The Morgan fingerprint density at radius 1 is 1.40 bits per heavy atom. The van der Waals surface area contributed by atoms with Crippen molar-refractivity contribution in [2.45, 2.75) is 38.3 Å². The topological polar surface area (TPSA) is 57.8 Å². The predicted octanol–water partition coefficient (Wildman–Crippen LogP) is 2.50. The average Bonchev–Trinajstić information content (AvgIpc) is 2.48. The first-order valence-electron chi connectivity index (χ1n) is 7.12. The van der Waals surface area contributed by atoms with Crippen LogP contribution in [0.5, 0.6) is 0 Å². The number of aryl methyl sites for hydroxylation is 1. The maximum atomic E-state index is 11.4. The van der Waals surface area contributed by atoms with Gasteiger partial charge in [0.15, 0.2) is 0 Å². The summed E-state index contributed by atoms with van der Waals surface area (Å²) in [5, 5.41) is 3.65. The van der Waals surface area contributed by atoms with Gasteiger partial charge < -0.3 is 10.3 Å². The molecule has 0 radical (unpaired) electrons. The van der Waals surface area contributed by atoms with Crippen molar-refractivity contribution in [3.05, 3.63) is 63.8 Å². The van der Waals surface area contributed by atoms with Crippen LogP contribution in [0.2, 0.25) is 0 Å². The van der Waals surface area contributed by atoms with Gasteiger partial charge in [-0.3, -0.25) is 9.78 Å². The summed E-state index contributed by atoms with van der Waals surface area (Å²) in [6.45, 7) is 2.15. The second kappa shape index (κ2) is 5.59. The van der Waals surface area contributed by atoms with Crippen molar-refractivity contribution in [1.82, 2.24) is 15.3 Å². The highest BCUT2D eigenvalue weighted by molar-refractivity contribution is 5.27. The first kappa shape index (κ1) is 13.1. The Kier molecular flexibility index (Phi) is 3.65. The lowest BCUT2D eigenvalue weighted by molar-refractivity contribution is 0.411. The van der Waals surface area contributed by atoms with Crippen LogP contribution in [0.15, 0.2) is 41.5 Å². The first-order chi connectivity index (χ1) is 9.74. The Morgan fingerprint density at radius 2 is 2.30 bits per heavy atom. The van der Waals surface area contributed by atoms with Crippen molar-refractivity contribution in [3.63, 3.8) is 0 Å². The van der Waals surface area contributed by atoms with E-state index in [1.807, 2.05) is 18.3 Å². The molecule has 2 N–H and O–H groups in total. The normalized spacial score (nSPS) is 19.4. The van der Waals surface area contributed by atoms with Gasteiger partial charge in [-0.25, -0.2) is 0 Å². The molecule has 2 aromatic heterocycles. The number of aromatic nitrogens is 2. The van der Waals surface area contributed by atoms with Gasteiger partial charge in [-0.05, 0) is 43.4 Å². The minimum atomic E-state index is -0.00953. The van der Waals surface area contributed by atoms with E-state index in [1.54, 1.807) is 12.3 Å². The molecule has 4 heteroatoms. The number of hydrogen-bond acceptors (Lipinski definition) is 3. The van der Waals surface area contributed by atoms with E-state index in [4.69, 9.17) is 0 Å². The maximum Gasteiger partial charge on any atom is 0.248 e. The summed E-state index contributed by atoms with van der Waals surface area (Å²) in [7, 11) is 0. The monoisotopic (exact) mass is 269 g/mol. The fourth-order valence-corrected chi connectivity index (χ4v) is 2.90.